The largest absolute Gasteiger partial charge is 0.211 e. The highest BCUT2D eigenvalue weighted by atomic mass is 15.5. The molecule has 2 aromatic carbocycles. The summed E-state index contributed by atoms with van der Waals surface area (Å²) in [7, 11) is 0. The highest BCUT2D eigenvalue weighted by Gasteiger charge is 2.15. The number of hydrogen-bond acceptors (Lipinski definition) is 4. The lowest BCUT2D eigenvalue weighted by atomic mass is 10.2. The molecular formula is C16H12N6. The molecule has 0 saturated carbocycles. The van der Waals surface area contributed by atoms with Gasteiger partial charge in [0.2, 0.25) is 0 Å². The van der Waals surface area contributed by atoms with Crippen LogP contribution in [0.15, 0.2) is 73.1 Å². The maximum Gasteiger partial charge on any atom is 0.115 e. The fourth-order valence-electron chi connectivity index (χ4n) is 2.34. The molecule has 106 valence electrons. The number of nitrogens with zero attached hydrogens (tertiary/aromatic N) is 6. The first-order valence-corrected chi connectivity index (χ1v) is 6.86. The molecular weight excluding hydrogens is 276 g/mol. The van der Waals surface area contributed by atoms with E-state index >= 15 is 0 Å². The van der Waals surface area contributed by atoms with Gasteiger partial charge in [-0.05, 0) is 24.3 Å². The van der Waals surface area contributed by atoms with Crippen molar-refractivity contribution in [2.24, 2.45) is 0 Å². The summed E-state index contributed by atoms with van der Waals surface area (Å²) < 4.78 is 3.55. The molecule has 6 heteroatoms. The molecule has 0 saturated heterocycles. The van der Waals surface area contributed by atoms with Crippen molar-refractivity contribution in [1.82, 2.24) is 30.0 Å². The van der Waals surface area contributed by atoms with Crippen LogP contribution in [0.4, 0.5) is 0 Å². The van der Waals surface area contributed by atoms with Crippen LogP contribution in [0.3, 0.4) is 0 Å². The standard InChI is InChI=1S/C16H12N6/c1-3-7-13(8-4-1)21-15(11-17-19-21)16-12-18-20-22(16)14-9-5-2-6-10-14/h1-12H. The molecule has 0 aliphatic carbocycles. The lowest BCUT2D eigenvalue weighted by Gasteiger charge is -2.08. The summed E-state index contributed by atoms with van der Waals surface area (Å²) in [6, 6.07) is 19.7. The van der Waals surface area contributed by atoms with E-state index in [1.165, 1.54) is 0 Å². The minimum Gasteiger partial charge on any atom is -0.211 e. The van der Waals surface area contributed by atoms with E-state index in [1.54, 1.807) is 21.8 Å². The summed E-state index contributed by atoms with van der Waals surface area (Å²) in [5.74, 6) is 0. The van der Waals surface area contributed by atoms with Gasteiger partial charge in [0.1, 0.15) is 11.4 Å². The van der Waals surface area contributed by atoms with Crippen molar-refractivity contribution in [3.63, 3.8) is 0 Å². The van der Waals surface area contributed by atoms with Crippen LogP contribution < -0.4 is 0 Å². The van der Waals surface area contributed by atoms with E-state index in [9.17, 15) is 0 Å². The highest BCUT2D eigenvalue weighted by molar-refractivity contribution is 5.58. The van der Waals surface area contributed by atoms with Gasteiger partial charge in [0, 0.05) is 0 Å². The average Bonchev–Trinajstić information content (AvgIpc) is 3.25. The van der Waals surface area contributed by atoms with Gasteiger partial charge in [-0.25, -0.2) is 9.36 Å². The second-order valence-corrected chi connectivity index (χ2v) is 4.73. The number of hydrogen-bond donors (Lipinski definition) is 0. The molecule has 22 heavy (non-hydrogen) atoms. The van der Waals surface area contributed by atoms with Crippen LogP contribution in [-0.2, 0) is 0 Å². The molecule has 0 radical (unpaired) electrons. The van der Waals surface area contributed by atoms with Gasteiger partial charge in [-0.1, -0.05) is 46.8 Å². The molecule has 2 aromatic heterocycles. The molecule has 0 fully saturated rings. The van der Waals surface area contributed by atoms with Crippen LogP contribution in [0, 0.1) is 0 Å². The van der Waals surface area contributed by atoms with Gasteiger partial charge in [0.05, 0.1) is 23.8 Å². The third-order valence-electron chi connectivity index (χ3n) is 3.36. The predicted molar refractivity (Wildman–Crippen MR) is 81.7 cm³/mol. The summed E-state index contributed by atoms with van der Waals surface area (Å²) in [4.78, 5) is 0. The van der Waals surface area contributed by atoms with Gasteiger partial charge >= 0.3 is 0 Å². The fraction of sp³-hybridized carbons (Fsp3) is 0. The molecule has 0 aliphatic rings. The Morgan fingerprint density at radius 2 is 0.955 bits per heavy atom. The Bertz CT molecular complexity index is 803. The van der Waals surface area contributed by atoms with E-state index < -0.39 is 0 Å². The first kappa shape index (κ1) is 12.5. The van der Waals surface area contributed by atoms with Crippen molar-refractivity contribution in [1.29, 1.82) is 0 Å². The smallest absolute Gasteiger partial charge is 0.115 e. The highest BCUT2D eigenvalue weighted by Crippen LogP contribution is 2.22. The second kappa shape index (κ2) is 5.25. The summed E-state index contributed by atoms with van der Waals surface area (Å²) in [6.45, 7) is 0. The van der Waals surface area contributed by atoms with E-state index in [1.807, 2.05) is 60.7 Å². The molecule has 0 spiro atoms. The third kappa shape index (κ3) is 2.07. The molecule has 4 aromatic rings. The SMILES string of the molecule is c1ccc(-n2nncc2-c2cnnn2-c2ccccc2)cc1. The van der Waals surface area contributed by atoms with E-state index in [-0.39, 0.29) is 0 Å². The van der Waals surface area contributed by atoms with Crippen LogP contribution in [0.2, 0.25) is 0 Å². The average molecular weight is 288 g/mol. The lowest BCUT2D eigenvalue weighted by molar-refractivity contribution is 0.784. The van der Waals surface area contributed by atoms with Crippen molar-refractivity contribution >= 4 is 0 Å². The van der Waals surface area contributed by atoms with Gasteiger partial charge in [-0.15, -0.1) is 10.2 Å². The van der Waals surface area contributed by atoms with Gasteiger partial charge in [-0.3, -0.25) is 0 Å². The minimum absolute atomic E-state index is 0.833. The maximum atomic E-state index is 4.17. The Labute approximate surface area is 126 Å². The van der Waals surface area contributed by atoms with E-state index in [0.29, 0.717) is 0 Å². The lowest BCUT2D eigenvalue weighted by Crippen LogP contribution is -2.04. The van der Waals surface area contributed by atoms with Crippen molar-refractivity contribution in [2.75, 3.05) is 0 Å². The second-order valence-electron chi connectivity index (χ2n) is 4.73. The minimum atomic E-state index is 0.833. The topological polar surface area (TPSA) is 61.4 Å². The zero-order chi connectivity index (χ0) is 14.8. The van der Waals surface area contributed by atoms with Crippen molar-refractivity contribution in [2.45, 2.75) is 0 Å². The summed E-state index contributed by atoms with van der Waals surface area (Å²) >= 11 is 0. The Kier molecular flexibility index (Phi) is 2.97. The number of benzene rings is 2. The quantitative estimate of drug-likeness (QED) is 0.581. The van der Waals surface area contributed by atoms with Gasteiger partial charge in [0.15, 0.2) is 0 Å². The van der Waals surface area contributed by atoms with Crippen LogP contribution in [0.5, 0.6) is 0 Å². The number of aromatic nitrogens is 6. The number of para-hydroxylation sites is 2. The van der Waals surface area contributed by atoms with E-state index in [2.05, 4.69) is 20.6 Å². The molecule has 0 aliphatic heterocycles. The Morgan fingerprint density at radius 1 is 0.545 bits per heavy atom. The molecule has 0 atom stereocenters. The Morgan fingerprint density at radius 3 is 1.36 bits per heavy atom. The maximum absolute atomic E-state index is 4.17. The molecule has 0 unspecified atom stereocenters. The van der Waals surface area contributed by atoms with Crippen molar-refractivity contribution in [3.8, 4) is 22.8 Å². The summed E-state index contributed by atoms with van der Waals surface area (Å²) in [6.07, 6.45) is 3.43. The van der Waals surface area contributed by atoms with Crippen LogP contribution in [0.25, 0.3) is 22.8 Å². The fourth-order valence-corrected chi connectivity index (χ4v) is 2.34. The van der Waals surface area contributed by atoms with Crippen molar-refractivity contribution in [3.05, 3.63) is 73.1 Å². The van der Waals surface area contributed by atoms with Crippen LogP contribution in [0.1, 0.15) is 0 Å². The molecule has 0 N–H and O–H groups in total. The summed E-state index contributed by atoms with van der Waals surface area (Å²) in [5.41, 5.74) is 3.55. The molecule has 4 rings (SSSR count). The Hall–Kier alpha value is -3.28. The van der Waals surface area contributed by atoms with Gasteiger partial charge in [0.25, 0.3) is 0 Å². The number of rotatable bonds is 3. The van der Waals surface area contributed by atoms with E-state index in [0.717, 1.165) is 22.8 Å². The molecule has 2 heterocycles. The van der Waals surface area contributed by atoms with Crippen LogP contribution >= 0.6 is 0 Å². The summed E-state index contributed by atoms with van der Waals surface area (Å²) in [5, 5.41) is 16.4. The zero-order valence-corrected chi connectivity index (χ0v) is 11.6. The third-order valence-corrected chi connectivity index (χ3v) is 3.36. The zero-order valence-electron chi connectivity index (χ0n) is 11.6. The first-order chi connectivity index (χ1) is 10.9. The van der Waals surface area contributed by atoms with Crippen molar-refractivity contribution < 1.29 is 0 Å². The van der Waals surface area contributed by atoms with Crippen LogP contribution in [-0.4, -0.2) is 30.0 Å². The van der Waals surface area contributed by atoms with Gasteiger partial charge < -0.3 is 0 Å². The Balaban J connectivity index is 1.86. The normalized spacial score (nSPS) is 10.7. The first-order valence-electron chi connectivity index (χ1n) is 6.86. The van der Waals surface area contributed by atoms with E-state index in [4.69, 9.17) is 0 Å². The molecule has 6 nitrogen and oxygen atoms in total. The molecule has 0 amide bonds. The predicted octanol–water partition coefficient (Wildman–Crippen LogP) is 2.52. The van der Waals surface area contributed by atoms with Gasteiger partial charge in [-0.2, -0.15) is 0 Å². The monoisotopic (exact) mass is 288 g/mol. The molecule has 0 bridgehead atoms.